The van der Waals surface area contributed by atoms with E-state index in [0.29, 0.717) is 5.52 Å². The van der Waals surface area contributed by atoms with Crippen LogP contribution in [0.1, 0.15) is 16.7 Å². The number of aromatic nitrogens is 1. The van der Waals surface area contributed by atoms with E-state index in [0.717, 1.165) is 21.7 Å². The van der Waals surface area contributed by atoms with Crippen LogP contribution in [-0.4, -0.2) is 4.98 Å². The topological polar surface area (TPSA) is 26.0 Å². The van der Waals surface area contributed by atoms with Crippen molar-refractivity contribution in [2.45, 2.75) is 19.0 Å². The Morgan fingerprint density at radius 3 is 2.65 bits per heavy atom. The van der Waals surface area contributed by atoms with Gasteiger partial charge < -0.3 is 4.42 Å². The monoisotopic (exact) mass is 403 g/mol. The molecule has 120 valence electrons. The summed E-state index contributed by atoms with van der Waals surface area (Å²) in [5.41, 5.74) is 1.24. The van der Waals surface area contributed by atoms with Gasteiger partial charge in [-0.3, -0.25) is 0 Å². The lowest BCUT2D eigenvalue weighted by Crippen LogP contribution is -2.08. The first-order chi connectivity index (χ1) is 10.8. The zero-order valence-electron chi connectivity index (χ0n) is 11.8. The van der Waals surface area contributed by atoms with Gasteiger partial charge in [-0.15, -0.1) is 11.6 Å². The predicted molar refractivity (Wildman–Crippen MR) is 86.4 cm³/mol. The zero-order chi connectivity index (χ0) is 16.8. The molecule has 0 amide bonds. The van der Waals surface area contributed by atoms with E-state index in [1.54, 1.807) is 6.07 Å². The van der Waals surface area contributed by atoms with Crippen molar-refractivity contribution in [3.63, 3.8) is 0 Å². The second-order valence-electron chi connectivity index (χ2n) is 5.04. The van der Waals surface area contributed by atoms with E-state index < -0.39 is 11.7 Å². The van der Waals surface area contributed by atoms with Crippen LogP contribution in [0.2, 0.25) is 0 Å². The summed E-state index contributed by atoms with van der Waals surface area (Å²) in [4.78, 5) is 4.30. The largest absolute Gasteiger partial charge is 0.436 e. The summed E-state index contributed by atoms with van der Waals surface area (Å²) in [7, 11) is 0. The summed E-state index contributed by atoms with van der Waals surface area (Å²) < 4.78 is 45.7. The first kappa shape index (κ1) is 16.3. The number of hydrogen-bond acceptors (Lipinski definition) is 2. The van der Waals surface area contributed by atoms with E-state index in [2.05, 4.69) is 20.9 Å². The van der Waals surface area contributed by atoms with Crippen molar-refractivity contribution in [2.75, 3.05) is 0 Å². The van der Waals surface area contributed by atoms with Crippen molar-refractivity contribution in [2.24, 2.45) is 0 Å². The van der Waals surface area contributed by atoms with E-state index in [4.69, 9.17) is 16.0 Å². The SMILES string of the molecule is Cc1c(Br)cccc1-c1nc2cc(CCl)c(C(F)(F)F)cc2o1. The van der Waals surface area contributed by atoms with Gasteiger partial charge in [-0.2, -0.15) is 13.2 Å². The molecule has 3 aromatic rings. The molecule has 0 N–H and O–H groups in total. The zero-order valence-corrected chi connectivity index (χ0v) is 14.2. The van der Waals surface area contributed by atoms with E-state index in [9.17, 15) is 13.2 Å². The maximum Gasteiger partial charge on any atom is 0.416 e. The molecule has 7 heteroatoms. The summed E-state index contributed by atoms with van der Waals surface area (Å²) in [6.45, 7) is 1.87. The van der Waals surface area contributed by atoms with Gasteiger partial charge >= 0.3 is 6.18 Å². The normalized spacial score (nSPS) is 12.1. The fourth-order valence-electron chi connectivity index (χ4n) is 2.35. The molecular formula is C16H10BrClF3NO. The molecular weight excluding hydrogens is 395 g/mol. The highest BCUT2D eigenvalue weighted by atomic mass is 79.9. The minimum absolute atomic E-state index is 0.0162. The lowest BCUT2D eigenvalue weighted by molar-refractivity contribution is -0.138. The van der Waals surface area contributed by atoms with Gasteiger partial charge in [-0.05, 0) is 42.3 Å². The molecule has 0 aliphatic rings. The van der Waals surface area contributed by atoms with Crippen molar-refractivity contribution >= 4 is 38.6 Å². The number of rotatable bonds is 2. The first-order valence-corrected chi connectivity index (χ1v) is 7.96. The molecule has 1 aromatic heterocycles. The molecule has 0 saturated carbocycles. The number of hydrogen-bond donors (Lipinski definition) is 0. The fourth-order valence-corrected chi connectivity index (χ4v) is 2.93. The lowest BCUT2D eigenvalue weighted by atomic mass is 10.1. The van der Waals surface area contributed by atoms with Gasteiger partial charge in [0, 0.05) is 15.9 Å². The van der Waals surface area contributed by atoms with E-state index in [1.165, 1.54) is 6.07 Å². The summed E-state index contributed by atoms with van der Waals surface area (Å²) >= 11 is 9.06. The highest BCUT2D eigenvalue weighted by Gasteiger charge is 2.34. The van der Waals surface area contributed by atoms with Crippen molar-refractivity contribution in [1.82, 2.24) is 4.98 Å². The third-order valence-electron chi connectivity index (χ3n) is 3.56. The molecule has 0 fully saturated rings. The molecule has 0 unspecified atom stereocenters. The van der Waals surface area contributed by atoms with Crippen LogP contribution in [0.5, 0.6) is 0 Å². The van der Waals surface area contributed by atoms with Gasteiger partial charge in [0.05, 0.1) is 5.56 Å². The Morgan fingerprint density at radius 2 is 2.00 bits per heavy atom. The van der Waals surface area contributed by atoms with Crippen molar-refractivity contribution in [1.29, 1.82) is 0 Å². The number of nitrogens with zero attached hydrogens (tertiary/aromatic N) is 1. The Kier molecular flexibility index (Phi) is 4.14. The van der Waals surface area contributed by atoms with Gasteiger partial charge in [-0.1, -0.05) is 22.0 Å². The number of oxazole rings is 1. The van der Waals surface area contributed by atoms with Crippen LogP contribution in [0.15, 0.2) is 39.2 Å². The molecule has 0 spiro atoms. The molecule has 0 saturated heterocycles. The Labute approximate surface area is 143 Å². The van der Waals surface area contributed by atoms with Crippen LogP contribution in [0.3, 0.4) is 0 Å². The first-order valence-electron chi connectivity index (χ1n) is 6.63. The maximum atomic E-state index is 13.1. The molecule has 0 radical (unpaired) electrons. The second kappa shape index (κ2) is 5.83. The summed E-state index contributed by atoms with van der Waals surface area (Å²) in [5.74, 6) is 0.0294. The van der Waals surface area contributed by atoms with Crippen LogP contribution in [-0.2, 0) is 12.1 Å². The average molecular weight is 405 g/mol. The Bertz CT molecular complexity index is 889. The van der Waals surface area contributed by atoms with E-state index in [-0.39, 0.29) is 22.9 Å². The minimum atomic E-state index is -4.49. The highest BCUT2D eigenvalue weighted by Crippen LogP contribution is 2.37. The third kappa shape index (κ3) is 2.97. The van der Waals surface area contributed by atoms with Crippen LogP contribution < -0.4 is 0 Å². The van der Waals surface area contributed by atoms with Gasteiger partial charge in [0.25, 0.3) is 0 Å². The molecule has 0 bridgehead atoms. The highest BCUT2D eigenvalue weighted by molar-refractivity contribution is 9.10. The molecule has 3 rings (SSSR count). The minimum Gasteiger partial charge on any atom is -0.436 e. The van der Waals surface area contributed by atoms with Gasteiger partial charge in [0.1, 0.15) is 5.52 Å². The van der Waals surface area contributed by atoms with E-state index in [1.807, 2.05) is 19.1 Å². The van der Waals surface area contributed by atoms with Crippen molar-refractivity contribution < 1.29 is 17.6 Å². The molecule has 23 heavy (non-hydrogen) atoms. The quantitative estimate of drug-likeness (QED) is 0.467. The molecule has 0 aliphatic carbocycles. The summed E-state index contributed by atoms with van der Waals surface area (Å²) in [6.07, 6.45) is -4.49. The lowest BCUT2D eigenvalue weighted by Gasteiger charge is -2.10. The van der Waals surface area contributed by atoms with Gasteiger partial charge in [0.15, 0.2) is 5.58 Å². The van der Waals surface area contributed by atoms with Crippen LogP contribution >= 0.6 is 27.5 Å². The Balaban J connectivity index is 2.21. The molecule has 1 heterocycles. The number of benzene rings is 2. The van der Waals surface area contributed by atoms with Gasteiger partial charge in [0.2, 0.25) is 5.89 Å². The molecule has 2 nitrogen and oxygen atoms in total. The number of alkyl halides is 4. The van der Waals surface area contributed by atoms with Crippen LogP contribution in [0, 0.1) is 6.92 Å². The van der Waals surface area contributed by atoms with Crippen molar-refractivity contribution in [3.05, 3.63) is 51.5 Å². The molecule has 0 atom stereocenters. The fraction of sp³-hybridized carbons (Fsp3) is 0.188. The van der Waals surface area contributed by atoms with Crippen LogP contribution in [0.4, 0.5) is 13.2 Å². The number of fused-ring (bicyclic) bond motifs is 1. The standard InChI is InChI=1S/C16H10BrClF3NO/c1-8-10(3-2-4-12(8)17)15-22-13-5-9(7-18)11(16(19,20)21)6-14(13)23-15/h2-6H,7H2,1H3. The molecule has 2 aromatic carbocycles. The Morgan fingerprint density at radius 1 is 1.26 bits per heavy atom. The summed E-state index contributed by atoms with van der Waals surface area (Å²) in [5, 5.41) is 0. The van der Waals surface area contributed by atoms with E-state index >= 15 is 0 Å². The average Bonchev–Trinajstić information content (AvgIpc) is 2.90. The summed E-state index contributed by atoms with van der Waals surface area (Å²) in [6, 6.07) is 7.77. The second-order valence-corrected chi connectivity index (χ2v) is 6.16. The predicted octanol–water partition coefficient (Wildman–Crippen LogP) is 6.32. The molecule has 0 aliphatic heterocycles. The number of halogens is 5. The maximum absolute atomic E-state index is 13.1. The van der Waals surface area contributed by atoms with Crippen LogP contribution in [0.25, 0.3) is 22.6 Å². The smallest absolute Gasteiger partial charge is 0.416 e. The third-order valence-corrected chi connectivity index (χ3v) is 4.71. The van der Waals surface area contributed by atoms with Gasteiger partial charge in [-0.25, -0.2) is 4.98 Å². The van der Waals surface area contributed by atoms with Crippen molar-refractivity contribution in [3.8, 4) is 11.5 Å². The Hall–Kier alpha value is -1.53.